The number of rotatable bonds is 5. The number of para-hydroxylation sites is 2. The first kappa shape index (κ1) is 16.1. The van der Waals surface area contributed by atoms with E-state index in [0.29, 0.717) is 24.6 Å². The molecule has 0 bridgehead atoms. The average molecular weight is 323 g/mol. The van der Waals surface area contributed by atoms with Crippen molar-refractivity contribution in [2.75, 3.05) is 6.54 Å². The van der Waals surface area contributed by atoms with E-state index in [1.54, 1.807) is 4.57 Å². The predicted molar refractivity (Wildman–Crippen MR) is 95.4 cm³/mol. The maximum absolute atomic E-state index is 12.2. The molecule has 1 heterocycles. The minimum Gasteiger partial charge on any atom is -0.350 e. The lowest BCUT2D eigenvalue weighted by molar-refractivity contribution is 0.0952. The Labute approximate surface area is 140 Å². The minimum atomic E-state index is -0.160. The molecule has 3 rings (SSSR count). The number of nitrogens with zero attached hydrogens (tertiary/aromatic N) is 1. The van der Waals surface area contributed by atoms with Crippen molar-refractivity contribution in [2.24, 2.45) is 0 Å². The Balaban J connectivity index is 1.64. The van der Waals surface area contributed by atoms with Gasteiger partial charge in [0.2, 0.25) is 0 Å². The van der Waals surface area contributed by atoms with Crippen LogP contribution in [0.1, 0.15) is 35.7 Å². The van der Waals surface area contributed by atoms with Gasteiger partial charge in [0.1, 0.15) is 0 Å². The number of hydrogen-bond donors (Lipinski definition) is 2. The van der Waals surface area contributed by atoms with Gasteiger partial charge in [0, 0.05) is 18.7 Å². The van der Waals surface area contributed by atoms with Crippen LogP contribution in [0.15, 0.2) is 53.3 Å². The zero-order chi connectivity index (χ0) is 17.1. The van der Waals surface area contributed by atoms with E-state index in [1.807, 2.05) is 48.5 Å². The fraction of sp³-hybridized carbons (Fsp3) is 0.263. The maximum Gasteiger partial charge on any atom is 0.326 e. The highest BCUT2D eigenvalue weighted by atomic mass is 16.2. The van der Waals surface area contributed by atoms with Gasteiger partial charge >= 0.3 is 5.69 Å². The van der Waals surface area contributed by atoms with Crippen LogP contribution in [0.3, 0.4) is 0 Å². The molecule has 1 amide bonds. The highest BCUT2D eigenvalue weighted by Gasteiger charge is 2.08. The molecule has 0 aliphatic rings. The number of amides is 1. The smallest absolute Gasteiger partial charge is 0.326 e. The van der Waals surface area contributed by atoms with E-state index >= 15 is 0 Å². The normalized spacial score (nSPS) is 11.1. The van der Waals surface area contributed by atoms with Crippen molar-refractivity contribution in [2.45, 2.75) is 26.3 Å². The molecule has 0 atom stereocenters. The van der Waals surface area contributed by atoms with E-state index in [1.165, 1.54) is 5.56 Å². The highest BCUT2D eigenvalue weighted by molar-refractivity contribution is 5.94. The SMILES string of the molecule is CC(C)c1ccc(C(=O)NCCn2c(=O)[nH]c3ccccc32)cc1. The molecule has 2 N–H and O–H groups in total. The second-order valence-electron chi connectivity index (χ2n) is 6.13. The van der Waals surface area contributed by atoms with Crippen LogP contribution in [0.5, 0.6) is 0 Å². The Bertz CT molecular complexity index is 904. The average Bonchev–Trinajstić information content (AvgIpc) is 2.90. The second kappa shape index (κ2) is 6.74. The Morgan fingerprint density at radius 3 is 2.54 bits per heavy atom. The summed E-state index contributed by atoms with van der Waals surface area (Å²) in [4.78, 5) is 27.0. The number of benzene rings is 2. The van der Waals surface area contributed by atoms with Gasteiger partial charge in [0.25, 0.3) is 5.91 Å². The number of H-pyrrole nitrogens is 1. The summed E-state index contributed by atoms with van der Waals surface area (Å²) in [5, 5.41) is 2.87. The van der Waals surface area contributed by atoms with E-state index in [9.17, 15) is 9.59 Å². The van der Waals surface area contributed by atoms with Gasteiger partial charge in [-0.25, -0.2) is 4.79 Å². The number of aromatic amines is 1. The molecule has 2 aromatic carbocycles. The molecule has 3 aromatic rings. The minimum absolute atomic E-state index is 0.127. The molecule has 0 radical (unpaired) electrons. The summed E-state index contributed by atoms with van der Waals surface area (Å²) in [6.07, 6.45) is 0. The van der Waals surface area contributed by atoms with Gasteiger partial charge in [-0.2, -0.15) is 0 Å². The number of fused-ring (bicyclic) bond motifs is 1. The first-order valence-corrected chi connectivity index (χ1v) is 8.12. The number of nitrogens with one attached hydrogen (secondary N) is 2. The van der Waals surface area contributed by atoms with Crippen LogP contribution in [0.25, 0.3) is 11.0 Å². The lowest BCUT2D eigenvalue weighted by atomic mass is 10.0. The Hall–Kier alpha value is -2.82. The van der Waals surface area contributed by atoms with Crippen LogP contribution in [-0.4, -0.2) is 22.0 Å². The Morgan fingerprint density at radius 1 is 1.12 bits per heavy atom. The summed E-state index contributed by atoms with van der Waals surface area (Å²) in [6, 6.07) is 15.1. The van der Waals surface area contributed by atoms with Crippen LogP contribution < -0.4 is 11.0 Å². The Kier molecular flexibility index (Phi) is 4.51. The Morgan fingerprint density at radius 2 is 1.83 bits per heavy atom. The third-order valence-corrected chi connectivity index (χ3v) is 4.14. The first-order valence-electron chi connectivity index (χ1n) is 8.12. The maximum atomic E-state index is 12.2. The van der Waals surface area contributed by atoms with Crippen LogP contribution in [0.4, 0.5) is 0 Å². The van der Waals surface area contributed by atoms with Crippen molar-refractivity contribution in [3.63, 3.8) is 0 Å². The van der Waals surface area contributed by atoms with Gasteiger partial charge in [-0.15, -0.1) is 0 Å². The summed E-state index contributed by atoms with van der Waals surface area (Å²) in [5.41, 5.74) is 3.32. The number of imidazole rings is 1. The molecule has 0 saturated carbocycles. The zero-order valence-electron chi connectivity index (χ0n) is 13.9. The van der Waals surface area contributed by atoms with Crippen molar-refractivity contribution < 1.29 is 4.79 Å². The third kappa shape index (κ3) is 3.25. The molecule has 1 aromatic heterocycles. The second-order valence-corrected chi connectivity index (χ2v) is 6.13. The molecule has 0 unspecified atom stereocenters. The van der Waals surface area contributed by atoms with Crippen LogP contribution in [0, 0.1) is 0 Å². The summed E-state index contributed by atoms with van der Waals surface area (Å²) in [5.74, 6) is 0.314. The lowest BCUT2D eigenvalue weighted by Crippen LogP contribution is -2.30. The fourth-order valence-corrected chi connectivity index (χ4v) is 2.73. The van der Waals surface area contributed by atoms with Crippen molar-refractivity contribution in [1.29, 1.82) is 0 Å². The largest absolute Gasteiger partial charge is 0.350 e. The van der Waals surface area contributed by atoms with E-state index in [4.69, 9.17) is 0 Å². The summed E-state index contributed by atoms with van der Waals surface area (Å²) >= 11 is 0. The number of aromatic nitrogens is 2. The standard InChI is InChI=1S/C19H21N3O2/c1-13(2)14-7-9-15(10-8-14)18(23)20-11-12-22-17-6-4-3-5-16(17)21-19(22)24/h3-10,13H,11-12H2,1-2H3,(H,20,23)(H,21,24). The van der Waals surface area contributed by atoms with Crippen LogP contribution in [-0.2, 0) is 6.54 Å². The van der Waals surface area contributed by atoms with Gasteiger partial charge in [-0.3, -0.25) is 9.36 Å². The molecule has 0 aliphatic heterocycles. The molecule has 0 fully saturated rings. The topological polar surface area (TPSA) is 66.9 Å². The van der Waals surface area contributed by atoms with Crippen molar-refractivity contribution in [1.82, 2.24) is 14.9 Å². The van der Waals surface area contributed by atoms with E-state index in [0.717, 1.165) is 11.0 Å². The molecule has 124 valence electrons. The number of carbonyl (C=O) groups excluding carboxylic acids is 1. The van der Waals surface area contributed by atoms with E-state index < -0.39 is 0 Å². The van der Waals surface area contributed by atoms with Crippen LogP contribution in [0.2, 0.25) is 0 Å². The monoisotopic (exact) mass is 323 g/mol. The third-order valence-electron chi connectivity index (χ3n) is 4.14. The molecule has 5 heteroatoms. The predicted octanol–water partition coefficient (Wildman–Crippen LogP) is 2.88. The fourth-order valence-electron chi connectivity index (χ4n) is 2.73. The van der Waals surface area contributed by atoms with Crippen LogP contribution >= 0.6 is 0 Å². The summed E-state index contributed by atoms with van der Waals surface area (Å²) < 4.78 is 1.64. The summed E-state index contributed by atoms with van der Waals surface area (Å²) in [7, 11) is 0. The van der Waals surface area contributed by atoms with E-state index in [2.05, 4.69) is 24.1 Å². The summed E-state index contributed by atoms with van der Waals surface area (Å²) in [6.45, 7) is 5.06. The van der Waals surface area contributed by atoms with Crippen molar-refractivity contribution in [3.8, 4) is 0 Å². The molecule has 5 nitrogen and oxygen atoms in total. The zero-order valence-corrected chi connectivity index (χ0v) is 13.9. The molecule has 0 aliphatic carbocycles. The molecular formula is C19H21N3O2. The van der Waals surface area contributed by atoms with Crippen molar-refractivity contribution >= 4 is 16.9 Å². The molecule has 24 heavy (non-hydrogen) atoms. The number of carbonyl (C=O) groups is 1. The van der Waals surface area contributed by atoms with E-state index in [-0.39, 0.29) is 11.6 Å². The van der Waals surface area contributed by atoms with Gasteiger partial charge in [-0.05, 0) is 35.7 Å². The quantitative estimate of drug-likeness (QED) is 0.758. The number of hydrogen-bond acceptors (Lipinski definition) is 2. The van der Waals surface area contributed by atoms with Gasteiger partial charge in [0.05, 0.1) is 11.0 Å². The first-order chi connectivity index (χ1) is 11.6. The van der Waals surface area contributed by atoms with Gasteiger partial charge in [0.15, 0.2) is 0 Å². The highest BCUT2D eigenvalue weighted by Crippen LogP contribution is 2.14. The molecule has 0 saturated heterocycles. The van der Waals surface area contributed by atoms with Crippen molar-refractivity contribution in [3.05, 3.63) is 70.1 Å². The molecule has 0 spiro atoms. The lowest BCUT2D eigenvalue weighted by Gasteiger charge is -2.08. The van der Waals surface area contributed by atoms with Gasteiger partial charge in [-0.1, -0.05) is 38.1 Å². The van der Waals surface area contributed by atoms with Gasteiger partial charge < -0.3 is 10.3 Å². The molecular weight excluding hydrogens is 302 g/mol.